The van der Waals surface area contributed by atoms with E-state index in [1.807, 2.05) is 4.89 Å². The summed E-state index contributed by atoms with van der Waals surface area (Å²) in [5.41, 5.74) is 0. The summed E-state index contributed by atoms with van der Waals surface area (Å²) in [4.78, 5) is 6.48. The fourth-order valence-corrected chi connectivity index (χ4v) is 1.20. The molecule has 0 fully saturated rings. The Morgan fingerprint density at radius 2 is 1.71 bits per heavy atom. The maximum atomic E-state index is 11.0. The Morgan fingerprint density at radius 3 is 2.29 bits per heavy atom. The second-order valence-electron chi connectivity index (χ2n) is 2.32. The molecule has 0 radical (unpaired) electrons. The first kappa shape index (κ1) is 13.8. The Kier molecular flexibility index (Phi) is 7.95. The van der Waals surface area contributed by atoms with Crippen molar-refractivity contribution in [3.8, 4) is 0 Å². The van der Waals surface area contributed by atoms with E-state index < -0.39 is 10.2 Å². The lowest BCUT2D eigenvalue weighted by atomic mass is 10.7. The summed E-state index contributed by atoms with van der Waals surface area (Å²) in [6, 6.07) is 0. The second kappa shape index (κ2) is 8.09. The lowest BCUT2D eigenvalue weighted by Gasteiger charge is -2.07. The molecular formula is C6H16N2O5S. The van der Waals surface area contributed by atoms with E-state index in [9.17, 15) is 8.42 Å². The first-order valence-electron chi connectivity index (χ1n) is 3.98. The van der Waals surface area contributed by atoms with Gasteiger partial charge in [-0.3, -0.25) is 4.84 Å². The third-order valence-corrected chi connectivity index (χ3v) is 2.08. The molecule has 0 rings (SSSR count). The van der Waals surface area contributed by atoms with Gasteiger partial charge in [-0.2, -0.15) is 13.1 Å². The van der Waals surface area contributed by atoms with E-state index in [0.29, 0.717) is 13.2 Å². The summed E-state index contributed by atoms with van der Waals surface area (Å²) in [7, 11) is -0.614. The molecular weight excluding hydrogens is 212 g/mol. The molecule has 0 aromatic heterocycles. The molecule has 14 heavy (non-hydrogen) atoms. The van der Waals surface area contributed by atoms with Crippen molar-refractivity contribution in [2.24, 2.45) is 0 Å². The molecule has 0 heterocycles. The minimum absolute atomic E-state index is 0.154. The van der Waals surface area contributed by atoms with Crippen LogP contribution in [0, 0.1) is 0 Å². The fourth-order valence-electron chi connectivity index (χ4n) is 0.552. The predicted molar refractivity (Wildman–Crippen MR) is 49.8 cm³/mol. The number of hydrogen-bond acceptors (Lipinski definition) is 5. The smallest absolute Gasteiger partial charge is 0.299 e. The highest BCUT2D eigenvalue weighted by molar-refractivity contribution is 7.87. The molecule has 86 valence electrons. The van der Waals surface area contributed by atoms with Crippen LogP contribution in [0.15, 0.2) is 0 Å². The molecule has 0 aromatic carbocycles. The Labute approximate surface area is 83.9 Å². The molecule has 0 aliphatic heterocycles. The van der Waals surface area contributed by atoms with Gasteiger partial charge in [0, 0.05) is 20.8 Å². The third kappa shape index (κ3) is 8.35. The Hall–Kier alpha value is -0.250. The summed E-state index contributed by atoms with van der Waals surface area (Å²) in [6.45, 7) is 0.973. The van der Waals surface area contributed by atoms with Crippen molar-refractivity contribution in [2.75, 3.05) is 40.6 Å². The average Bonchev–Trinajstić information content (AvgIpc) is 2.13. The molecule has 7 nitrogen and oxygen atoms in total. The van der Waals surface area contributed by atoms with Gasteiger partial charge in [0.15, 0.2) is 0 Å². The third-order valence-electron chi connectivity index (χ3n) is 1.16. The van der Waals surface area contributed by atoms with Crippen molar-refractivity contribution in [2.45, 2.75) is 0 Å². The van der Waals surface area contributed by atoms with Gasteiger partial charge in [0.05, 0.1) is 19.8 Å². The molecule has 0 amide bonds. The molecule has 0 aliphatic carbocycles. The average molecular weight is 228 g/mol. The molecule has 0 aliphatic rings. The monoisotopic (exact) mass is 228 g/mol. The van der Waals surface area contributed by atoms with Gasteiger partial charge in [-0.15, -0.1) is 0 Å². The topological polar surface area (TPSA) is 85.9 Å². The second-order valence-corrected chi connectivity index (χ2v) is 3.78. The standard InChI is InChI=1S/C6H16N2O5S/c1-11-4-3-7-14(9,10)8-13-6-5-12-2/h7-8H,3-6H2,1-2H3. The minimum Gasteiger partial charge on any atom is -0.383 e. The van der Waals surface area contributed by atoms with E-state index in [1.165, 1.54) is 14.2 Å². The van der Waals surface area contributed by atoms with Crippen LogP contribution in [0.25, 0.3) is 0 Å². The predicted octanol–water partition coefficient (Wildman–Crippen LogP) is -1.37. The number of ether oxygens (including phenoxy) is 2. The van der Waals surface area contributed by atoms with Crippen LogP contribution in [-0.4, -0.2) is 49.0 Å². The Balaban J connectivity index is 3.52. The first-order valence-corrected chi connectivity index (χ1v) is 5.46. The van der Waals surface area contributed by atoms with Gasteiger partial charge in [0.1, 0.15) is 0 Å². The summed E-state index contributed by atoms with van der Waals surface area (Å²) >= 11 is 0. The molecule has 2 N–H and O–H groups in total. The zero-order valence-corrected chi connectivity index (χ0v) is 9.09. The summed E-state index contributed by atoms with van der Waals surface area (Å²) in [5, 5.41) is 0. The molecule has 0 unspecified atom stereocenters. The molecule has 0 spiro atoms. The van der Waals surface area contributed by atoms with Crippen LogP contribution in [0.2, 0.25) is 0 Å². The highest BCUT2D eigenvalue weighted by atomic mass is 32.2. The number of nitrogens with one attached hydrogen (secondary N) is 2. The molecule has 8 heteroatoms. The van der Waals surface area contributed by atoms with Crippen LogP contribution in [0.1, 0.15) is 0 Å². The van der Waals surface area contributed by atoms with Crippen molar-refractivity contribution < 1.29 is 22.7 Å². The van der Waals surface area contributed by atoms with E-state index >= 15 is 0 Å². The summed E-state index contributed by atoms with van der Waals surface area (Å²) in [5.74, 6) is 0. The highest BCUT2D eigenvalue weighted by Gasteiger charge is 2.07. The highest BCUT2D eigenvalue weighted by Crippen LogP contribution is 1.78. The largest absolute Gasteiger partial charge is 0.383 e. The first-order chi connectivity index (χ1) is 6.62. The van der Waals surface area contributed by atoms with Crippen molar-refractivity contribution in [1.29, 1.82) is 0 Å². The quantitative estimate of drug-likeness (QED) is 0.376. The number of methoxy groups -OCH3 is 2. The Bertz CT molecular complexity index is 218. The number of rotatable bonds is 9. The van der Waals surface area contributed by atoms with Crippen LogP contribution in [0.5, 0.6) is 0 Å². The van der Waals surface area contributed by atoms with E-state index in [1.54, 1.807) is 0 Å². The van der Waals surface area contributed by atoms with Crippen LogP contribution >= 0.6 is 0 Å². The summed E-state index contributed by atoms with van der Waals surface area (Å²) < 4.78 is 33.6. The molecule has 0 aromatic rings. The van der Waals surface area contributed by atoms with Crippen LogP contribution in [0.3, 0.4) is 0 Å². The molecule has 0 bridgehead atoms. The van der Waals surface area contributed by atoms with Gasteiger partial charge in [-0.05, 0) is 0 Å². The fraction of sp³-hybridized carbons (Fsp3) is 1.00. The maximum absolute atomic E-state index is 11.0. The van der Waals surface area contributed by atoms with Gasteiger partial charge >= 0.3 is 0 Å². The van der Waals surface area contributed by atoms with E-state index in [2.05, 4.69) is 19.0 Å². The lowest BCUT2D eigenvalue weighted by Crippen LogP contribution is -2.38. The van der Waals surface area contributed by atoms with Gasteiger partial charge < -0.3 is 9.47 Å². The molecule has 0 saturated carbocycles. The van der Waals surface area contributed by atoms with Gasteiger partial charge in [0.25, 0.3) is 10.2 Å². The van der Waals surface area contributed by atoms with Crippen LogP contribution in [0.4, 0.5) is 0 Å². The summed E-state index contributed by atoms with van der Waals surface area (Å²) in [6.07, 6.45) is 0. The maximum Gasteiger partial charge on any atom is 0.299 e. The lowest BCUT2D eigenvalue weighted by molar-refractivity contribution is 0.0431. The van der Waals surface area contributed by atoms with E-state index in [4.69, 9.17) is 0 Å². The number of hydrogen-bond donors (Lipinski definition) is 2. The van der Waals surface area contributed by atoms with Gasteiger partial charge in [-0.25, -0.2) is 0 Å². The van der Waals surface area contributed by atoms with Gasteiger partial charge in [0.2, 0.25) is 0 Å². The molecule has 0 atom stereocenters. The van der Waals surface area contributed by atoms with Crippen LogP contribution < -0.4 is 9.61 Å². The van der Waals surface area contributed by atoms with Crippen molar-refractivity contribution in [1.82, 2.24) is 9.61 Å². The Morgan fingerprint density at radius 1 is 1.07 bits per heavy atom. The normalized spacial score (nSPS) is 11.9. The van der Waals surface area contributed by atoms with Gasteiger partial charge in [-0.1, -0.05) is 4.89 Å². The van der Waals surface area contributed by atoms with Crippen molar-refractivity contribution in [3.63, 3.8) is 0 Å². The zero-order valence-electron chi connectivity index (χ0n) is 8.28. The SMILES string of the molecule is COCCNS(=O)(=O)NOCCOC. The van der Waals surface area contributed by atoms with E-state index in [-0.39, 0.29) is 13.2 Å². The van der Waals surface area contributed by atoms with Crippen molar-refractivity contribution in [3.05, 3.63) is 0 Å². The van der Waals surface area contributed by atoms with Crippen molar-refractivity contribution >= 4 is 10.2 Å². The van der Waals surface area contributed by atoms with E-state index in [0.717, 1.165) is 0 Å². The minimum atomic E-state index is -3.59. The van der Waals surface area contributed by atoms with Crippen LogP contribution in [-0.2, 0) is 24.5 Å². The zero-order chi connectivity index (χ0) is 10.9. The molecule has 0 saturated heterocycles.